The van der Waals surface area contributed by atoms with Crippen LogP contribution < -0.4 is 10.2 Å². The highest BCUT2D eigenvalue weighted by molar-refractivity contribution is 7.89. The number of carbonyl (C=O) groups excluding carboxylic acids is 2. The van der Waals surface area contributed by atoms with Gasteiger partial charge in [0.2, 0.25) is 10.0 Å². The van der Waals surface area contributed by atoms with Gasteiger partial charge in [-0.3, -0.25) is 14.4 Å². The monoisotopic (exact) mass is 462 g/mol. The van der Waals surface area contributed by atoms with Crippen LogP contribution in [0.15, 0.2) is 59.5 Å². The number of carbonyl (C=O) groups is 2. The second-order valence-electron chi connectivity index (χ2n) is 7.29. The minimum absolute atomic E-state index is 0.00903. The summed E-state index contributed by atoms with van der Waals surface area (Å²) in [7, 11) is -1.26. The first-order chi connectivity index (χ1) is 15.4. The summed E-state index contributed by atoms with van der Waals surface area (Å²) in [5.41, 5.74) is 3.17. The first kappa shape index (κ1) is 23.7. The third-order valence-electron chi connectivity index (χ3n) is 5.31. The van der Waals surface area contributed by atoms with Crippen molar-refractivity contribution in [1.82, 2.24) is 9.79 Å². The number of esters is 1. The Morgan fingerprint density at radius 1 is 1.06 bits per heavy atom. The quantitative estimate of drug-likeness (QED) is 0.471. The fourth-order valence-electron chi connectivity index (χ4n) is 3.57. The molecule has 0 unspecified atom stereocenters. The second-order valence-corrected chi connectivity index (χ2v) is 9.18. The Labute approximate surface area is 187 Å². The number of rotatable bonds is 8. The van der Waals surface area contributed by atoms with Crippen molar-refractivity contribution in [3.05, 3.63) is 60.2 Å². The van der Waals surface area contributed by atoms with Crippen molar-refractivity contribution in [1.29, 1.82) is 0 Å². The van der Waals surface area contributed by atoms with Crippen molar-refractivity contribution < 1.29 is 32.3 Å². The molecule has 0 spiro atoms. The normalized spacial score (nSPS) is 19.2. The van der Waals surface area contributed by atoms with E-state index in [1.807, 2.05) is 30.3 Å². The van der Waals surface area contributed by atoms with E-state index in [0.717, 1.165) is 9.87 Å². The Balaban J connectivity index is 1.78. The van der Waals surface area contributed by atoms with Crippen molar-refractivity contribution >= 4 is 21.9 Å². The third kappa shape index (κ3) is 5.45. The van der Waals surface area contributed by atoms with E-state index in [4.69, 9.17) is 14.3 Å². The number of ether oxygens (including phenoxy) is 2. The SMILES string of the molecule is COC(=O)[C@@H]1CCN(S(=O)(=O)c2ccc(OC)cc2)[C@@H](C(=O)NOCc2ccccc2)C1. The molecule has 0 radical (unpaired) electrons. The highest BCUT2D eigenvalue weighted by Gasteiger charge is 2.43. The molecule has 1 fully saturated rings. The number of nitrogens with one attached hydrogen (secondary N) is 1. The van der Waals surface area contributed by atoms with Crippen LogP contribution in [0.25, 0.3) is 0 Å². The van der Waals surface area contributed by atoms with E-state index in [2.05, 4.69) is 5.48 Å². The van der Waals surface area contributed by atoms with E-state index < -0.39 is 33.9 Å². The number of piperidine rings is 1. The van der Waals surface area contributed by atoms with E-state index in [1.165, 1.54) is 38.5 Å². The summed E-state index contributed by atoms with van der Waals surface area (Å²) >= 11 is 0. The van der Waals surface area contributed by atoms with Crippen LogP contribution in [-0.4, -0.2) is 51.4 Å². The van der Waals surface area contributed by atoms with Crippen LogP contribution in [0.4, 0.5) is 0 Å². The molecule has 9 nitrogen and oxygen atoms in total. The molecule has 1 amide bonds. The molecule has 172 valence electrons. The third-order valence-corrected chi connectivity index (χ3v) is 7.23. The maximum absolute atomic E-state index is 13.3. The topological polar surface area (TPSA) is 111 Å². The van der Waals surface area contributed by atoms with E-state index in [0.29, 0.717) is 5.75 Å². The van der Waals surface area contributed by atoms with Gasteiger partial charge >= 0.3 is 5.97 Å². The van der Waals surface area contributed by atoms with Gasteiger partial charge in [-0.2, -0.15) is 4.31 Å². The molecule has 0 bridgehead atoms. The molecule has 1 heterocycles. The number of methoxy groups -OCH3 is 2. The van der Waals surface area contributed by atoms with Gasteiger partial charge in [0.1, 0.15) is 11.8 Å². The summed E-state index contributed by atoms with van der Waals surface area (Å²) in [5, 5.41) is 0. The number of hydrogen-bond acceptors (Lipinski definition) is 7. The number of benzene rings is 2. The fourth-order valence-corrected chi connectivity index (χ4v) is 5.18. The Kier molecular flexibility index (Phi) is 7.84. The molecule has 2 aromatic rings. The zero-order chi connectivity index (χ0) is 23.1. The van der Waals surface area contributed by atoms with Crippen LogP contribution in [0.3, 0.4) is 0 Å². The van der Waals surface area contributed by atoms with Crippen LogP contribution in [0.5, 0.6) is 5.75 Å². The molecule has 1 saturated heterocycles. The van der Waals surface area contributed by atoms with E-state index in [-0.39, 0.29) is 30.9 Å². The number of hydroxylamine groups is 1. The van der Waals surface area contributed by atoms with E-state index >= 15 is 0 Å². The van der Waals surface area contributed by atoms with Crippen LogP contribution >= 0.6 is 0 Å². The summed E-state index contributed by atoms with van der Waals surface area (Å²) in [4.78, 5) is 30.3. The van der Waals surface area contributed by atoms with Gasteiger partial charge in [-0.1, -0.05) is 30.3 Å². The summed E-state index contributed by atoms with van der Waals surface area (Å²) in [5.74, 6) is -1.20. The lowest BCUT2D eigenvalue weighted by Crippen LogP contribution is -2.54. The first-order valence-electron chi connectivity index (χ1n) is 10.1. The van der Waals surface area contributed by atoms with Crippen LogP contribution in [0, 0.1) is 5.92 Å². The minimum atomic E-state index is -4.00. The Bertz CT molecular complexity index is 1030. The van der Waals surface area contributed by atoms with E-state index in [9.17, 15) is 18.0 Å². The highest BCUT2D eigenvalue weighted by atomic mass is 32.2. The average Bonchev–Trinajstić information content (AvgIpc) is 2.83. The van der Waals surface area contributed by atoms with E-state index in [1.54, 1.807) is 0 Å². The molecule has 2 aromatic carbocycles. The molecule has 1 aliphatic rings. The van der Waals surface area contributed by atoms with Crippen molar-refractivity contribution in [2.24, 2.45) is 5.92 Å². The van der Waals surface area contributed by atoms with Gasteiger partial charge in [0.15, 0.2) is 0 Å². The first-order valence-corrected chi connectivity index (χ1v) is 11.5. The maximum atomic E-state index is 13.3. The molecular formula is C22H26N2O7S. The Hall–Kier alpha value is -2.95. The molecule has 1 aliphatic heterocycles. The number of amides is 1. The molecule has 0 aromatic heterocycles. The van der Waals surface area contributed by atoms with Crippen molar-refractivity contribution in [3.8, 4) is 5.75 Å². The molecule has 3 rings (SSSR count). The number of sulfonamides is 1. The van der Waals surface area contributed by atoms with Crippen molar-refractivity contribution in [2.75, 3.05) is 20.8 Å². The van der Waals surface area contributed by atoms with Gasteiger partial charge in [-0.05, 0) is 42.7 Å². The van der Waals surface area contributed by atoms with Gasteiger partial charge < -0.3 is 9.47 Å². The highest BCUT2D eigenvalue weighted by Crippen LogP contribution is 2.30. The molecule has 2 atom stereocenters. The summed E-state index contributed by atoms with van der Waals surface area (Å²) < 4.78 is 37.6. The molecule has 32 heavy (non-hydrogen) atoms. The molecular weight excluding hydrogens is 436 g/mol. The molecule has 10 heteroatoms. The number of nitrogens with zero attached hydrogens (tertiary/aromatic N) is 1. The smallest absolute Gasteiger partial charge is 0.308 e. The predicted octanol–water partition coefficient (Wildman–Crippen LogP) is 1.89. The lowest BCUT2D eigenvalue weighted by molar-refractivity contribution is -0.149. The summed E-state index contributed by atoms with van der Waals surface area (Å²) in [6.45, 7) is 0.107. The van der Waals surface area contributed by atoms with Crippen LogP contribution in [0.2, 0.25) is 0 Å². The fraction of sp³-hybridized carbons (Fsp3) is 0.364. The maximum Gasteiger partial charge on any atom is 0.308 e. The van der Waals surface area contributed by atoms with Crippen molar-refractivity contribution in [2.45, 2.75) is 30.4 Å². The standard InChI is InChI=1S/C22H26N2O7S/c1-29-18-8-10-19(11-9-18)32(27,28)24-13-12-17(22(26)30-2)14-20(24)21(25)23-31-15-16-6-4-3-5-7-16/h3-11,17,20H,12-15H2,1-2H3,(H,23,25)/t17-,20-/m1/s1. The summed E-state index contributed by atoms with van der Waals surface area (Å²) in [6, 6.07) is 14.0. The minimum Gasteiger partial charge on any atom is -0.497 e. The second kappa shape index (κ2) is 10.6. The molecule has 0 aliphatic carbocycles. The molecule has 1 N–H and O–H groups in total. The zero-order valence-corrected chi connectivity index (χ0v) is 18.7. The van der Waals surface area contributed by atoms with Gasteiger partial charge in [-0.25, -0.2) is 13.9 Å². The average molecular weight is 463 g/mol. The van der Waals surface area contributed by atoms with Crippen LogP contribution in [0.1, 0.15) is 18.4 Å². The predicted molar refractivity (Wildman–Crippen MR) is 115 cm³/mol. The van der Waals surface area contributed by atoms with Gasteiger partial charge in [0.05, 0.1) is 31.6 Å². The zero-order valence-electron chi connectivity index (χ0n) is 17.9. The molecule has 0 saturated carbocycles. The van der Waals surface area contributed by atoms with Crippen LogP contribution in [-0.2, 0) is 35.8 Å². The lowest BCUT2D eigenvalue weighted by Gasteiger charge is -2.36. The Morgan fingerprint density at radius 3 is 2.38 bits per heavy atom. The van der Waals surface area contributed by atoms with Gasteiger partial charge in [-0.15, -0.1) is 0 Å². The largest absolute Gasteiger partial charge is 0.497 e. The Morgan fingerprint density at radius 2 is 1.75 bits per heavy atom. The van der Waals surface area contributed by atoms with Gasteiger partial charge in [0.25, 0.3) is 5.91 Å². The number of hydrogen-bond donors (Lipinski definition) is 1. The van der Waals surface area contributed by atoms with Gasteiger partial charge in [0, 0.05) is 6.54 Å². The van der Waals surface area contributed by atoms with Crippen molar-refractivity contribution in [3.63, 3.8) is 0 Å². The lowest BCUT2D eigenvalue weighted by atomic mass is 9.92. The summed E-state index contributed by atoms with van der Waals surface area (Å²) in [6.07, 6.45) is 0.235.